The molecule has 2 aromatic rings. The lowest BCUT2D eigenvalue weighted by atomic mass is 9.79. The van der Waals surface area contributed by atoms with Gasteiger partial charge in [0.15, 0.2) is 0 Å². The van der Waals surface area contributed by atoms with Crippen LogP contribution in [0.5, 0.6) is 0 Å². The van der Waals surface area contributed by atoms with Crippen LogP contribution in [0.4, 0.5) is 0 Å². The van der Waals surface area contributed by atoms with Gasteiger partial charge in [0.05, 0.1) is 28.9 Å². The normalized spacial score (nSPS) is 32.1. The predicted molar refractivity (Wildman–Crippen MR) is 98.0 cm³/mol. The third-order valence-corrected chi connectivity index (χ3v) is 7.15. The van der Waals surface area contributed by atoms with Crippen molar-refractivity contribution < 1.29 is 4.74 Å². The predicted octanol–water partition coefficient (Wildman–Crippen LogP) is 3.68. The van der Waals surface area contributed by atoms with Crippen LogP contribution in [0.25, 0.3) is 0 Å². The summed E-state index contributed by atoms with van der Waals surface area (Å²) in [4.78, 5) is 1.33. The van der Waals surface area contributed by atoms with Crippen LogP contribution >= 0.6 is 22.9 Å². The number of thiophene rings is 1. The van der Waals surface area contributed by atoms with E-state index in [0.29, 0.717) is 6.04 Å². The minimum absolute atomic E-state index is 0.170. The van der Waals surface area contributed by atoms with Crippen LogP contribution in [-0.4, -0.2) is 27.6 Å². The lowest BCUT2D eigenvalue weighted by Gasteiger charge is -2.45. The summed E-state index contributed by atoms with van der Waals surface area (Å²) in [6.07, 6.45) is 7.60. The topological polar surface area (TPSA) is 52.0 Å². The molecule has 2 aliphatic heterocycles. The first-order chi connectivity index (χ1) is 12.1. The number of hydrogen-bond acceptors (Lipinski definition) is 5. The second-order valence-corrected chi connectivity index (χ2v) is 9.52. The molecule has 0 aromatic carbocycles. The Bertz CT molecular complexity index is 786. The number of ether oxygens (including phenoxy) is 1. The van der Waals surface area contributed by atoms with Gasteiger partial charge in [-0.1, -0.05) is 16.8 Å². The van der Waals surface area contributed by atoms with E-state index in [1.165, 1.54) is 23.3 Å². The van der Waals surface area contributed by atoms with Gasteiger partial charge in [-0.05, 0) is 50.2 Å². The molecule has 5 nitrogen and oxygen atoms in total. The van der Waals surface area contributed by atoms with E-state index in [1.54, 1.807) is 11.3 Å². The van der Waals surface area contributed by atoms with Crippen molar-refractivity contribution in [2.75, 3.05) is 6.61 Å². The van der Waals surface area contributed by atoms with E-state index in [2.05, 4.69) is 34.8 Å². The SMILES string of the molecule is CC1CC2(CC(c3cn(CC4CC4)nn3)N1)OCCc1cc(Cl)sc12. The highest BCUT2D eigenvalue weighted by Gasteiger charge is 2.46. The molecular weight excluding hydrogens is 356 g/mol. The van der Waals surface area contributed by atoms with E-state index in [9.17, 15) is 0 Å². The van der Waals surface area contributed by atoms with Crippen LogP contribution in [0, 0.1) is 5.92 Å². The van der Waals surface area contributed by atoms with Gasteiger partial charge in [-0.3, -0.25) is 4.68 Å². The number of nitrogens with zero attached hydrogens (tertiary/aromatic N) is 3. The summed E-state index contributed by atoms with van der Waals surface area (Å²) in [5, 5.41) is 12.5. The number of fused-ring (bicyclic) bond motifs is 2. The molecule has 5 rings (SSSR count). The van der Waals surface area contributed by atoms with Crippen molar-refractivity contribution in [1.29, 1.82) is 0 Å². The number of rotatable bonds is 3. The highest BCUT2D eigenvalue weighted by Crippen LogP contribution is 2.49. The Hall–Kier alpha value is -0.950. The van der Waals surface area contributed by atoms with E-state index < -0.39 is 0 Å². The second kappa shape index (κ2) is 6.05. The molecule has 1 N–H and O–H groups in total. The van der Waals surface area contributed by atoms with Gasteiger partial charge in [-0.2, -0.15) is 0 Å². The molecule has 3 unspecified atom stereocenters. The molecule has 3 atom stereocenters. The molecule has 1 spiro atoms. The maximum Gasteiger partial charge on any atom is 0.106 e. The Labute approximate surface area is 156 Å². The summed E-state index contributed by atoms with van der Waals surface area (Å²) in [7, 11) is 0. The maximum absolute atomic E-state index is 6.41. The van der Waals surface area contributed by atoms with E-state index in [4.69, 9.17) is 16.3 Å². The van der Waals surface area contributed by atoms with Crippen molar-refractivity contribution in [3.05, 3.63) is 32.7 Å². The molecule has 1 aliphatic carbocycles. The van der Waals surface area contributed by atoms with Crippen LogP contribution in [0.2, 0.25) is 4.34 Å². The number of halogens is 1. The molecule has 3 aliphatic rings. The molecule has 0 amide bonds. The van der Waals surface area contributed by atoms with Gasteiger partial charge in [-0.15, -0.1) is 16.4 Å². The largest absolute Gasteiger partial charge is 0.369 e. The molecule has 2 fully saturated rings. The van der Waals surface area contributed by atoms with Crippen molar-refractivity contribution in [2.45, 2.75) is 63.3 Å². The standard InChI is InChI=1S/C18H23ClN4OS/c1-11-7-18(17-13(4-5-24-18)6-16(19)25-17)8-14(20-11)15-10-23(22-21-15)9-12-2-3-12/h6,10-12,14,20H,2-5,7-9H2,1H3. The number of aromatic nitrogens is 3. The number of piperidine rings is 1. The Morgan fingerprint density at radius 1 is 1.44 bits per heavy atom. The van der Waals surface area contributed by atoms with Gasteiger partial charge < -0.3 is 10.1 Å². The zero-order chi connectivity index (χ0) is 17.0. The Kier molecular flexibility index (Phi) is 3.93. The fourth-order valence-electron chi connectivity index (χ4n) is 4.38. The quantitative estimate of drug-likeness (QED) is 0.885. The zero-order valence-electron chi connectivity index (χ0n) is 14.4. The molecule has 2 aromatic heterocycles. The summed E-state index contributed by atoms with van der Waals surface area (Å²) in [6, 6.07) is 2.65. The van der Waals surface area contributed by atoms with E-state index in [1.807, 2.05) is 4.68 Å². The first-order valence-corrected chi connectivity index (χ1v) is 10.4. The van der Waals surface area contributed by atoms with Gasteiger partial charge in [0, 0.05) is 23.9 Å². The minimum atomic E-state index is -0.235. The first kappa shape index (κ1) is 16.2. The van der Waals surface area contributed by atoms with Gasteiger partial charge in [-0.25, -0.2) is 0 Å². The van der Waals surface area contributed by atoms with E-state index in [0.717, 1.165) is 48.4 Å². The highest BCUT2D eigenvalue weighted by atomic mass is 35.5. The summed E-state index contributed by atoms with van der Waals surface area (Å²) in [6.45, 7) is 4.00. The second-order valence-electron chi connectivity index (χ2n) is 7.83. The van der Waals surface area contributed by atoms with Gasteiger partial charge in [0.25, 0.3) is 0 Å². The van der Waals surface area contributed by atoms with Crippen molar-refractivity contribution in [1.82, 2.24) is 20.3 Å². The van der Waals surface area contributed by atoms with Crippen molar-refractivity contribution in [3.63, 3.8) is 0 Å². The Morgan fingerprint density at radius 2 is 2.32 bits per heavy atom. The summed E-state index contributed by atoms with van der Waals surface area (Å²) < 4.78 is 9.28. The van der Waals surface area contributed by atoms with Crippen LogP contribution in [0.1, 0.15) is 54.8 Å². The number of nitrogens with one attached hydrogen (secondary N) is 1. The van der Waals surface area contributed by atoms with Crippen molar-refractivity contribution >= 4 is 22.9 Å². The lowest BCUT2D eigenvalue weighted by molar-refractivity contribution is -0.0957. The molecule has 1 saturated carbocycles. The lowest BCUT2D eigenvalue weighted by Crippen LogP contribution is -2.49. The zero-order valence-corrected chi connectivity index (χ0v) is 15.9. The van der Waals surface area contributed by atoms with E-state index >= 15 is 0 Å². The fourth-order valence-corrected chi connectivity index (χ4v) is 5.84. The highest BCUT2D eigenvalue weighted by molar-refractivity contribution is 7.16. The van der Waals surface area contributed by atoms with Gasteiger partial charge >= 0.3 is 0 Å². The van der Waals surface area contributed by atoms with Crippen LogP contribution in [0.15, 0.2) is 12.3 Å². The third-order valence-electron chi connectivity index (χ3n) is 5.65. The first-order valence-electron chi connectivity index (χ1n) is 9.20. The number of hydrogen-bond donors (Lipinski definition) is 1. The average Bonchev–Trinajstić information content (AvgIpc) is 3.09. The molecule has 1 saturated heterocycles. The van der Waals surface area contributed by atoms with Crippen LogP contribution < -0.4 is 5.32 Å². The summed E-state index contributed by atoms with van der Waals surface area (Å²) in [5.41, 5.74) is 2.16. The molecule has 0 bridgehead atoms. The Morgan fingerprint density at radius 3 is 3.16 bits per heavy atom. The monoisotopic (exact) mass is 378 g/mol. The molecule has 4 heterocycles. The average molecular weight is 379 g/mol. The fraction of sp³-hybridized carbons (Fsp3) is 0.667. The summed E-state index contributed by atoms with van der Waals surface area (Å²) in [5.74, 6) is 0.802. The third kappa shape index (κ3) is 3.03. The molecule has 134 valence electrons. The molecular formula is C18H23ClN4OS. The van der Waals surface area contributed by atoms with Gasteiger partial charge in [0.2, 0.25) is 0 Å². The van der Waals surface area contributed by atoms with Crippen LogP contribution in [0.3, 0.4) is 0 Å². The molecule has 0 radical (unpaired) electrons. The van der Waals surface area contributed by atoms with Crippen LogP contribution in [-0.2, 0) is 23.3 Å². The van der Waals surface area contributed by atoms with Gasteiger partial charge in [0.1, 0.15) is 5.60 Å². The smallest absolute Gasteiger partial charge is 0.106 e. The minimum Gasteiger partial charge on any atom is -0.369 e. The van der Waals surface area contributed by atoms with Crippen molar-refractivity contribution in [3.8, 4) is 0 Å². The van der Waals surface area contributed by atoms with Crippen molar-refractivity contribution in [2.24, 2.45) is 5.92 Å². The van der Waals surface area contributed by atoms with E-state index in [-0.39, 0.29) is 11.6 Å². The molecule has 25 heavy (non-hydrogen) atoms. The molecule has 7 heteroatoms. The maximum atomic E-state index is 6.41. The summed E-state index contributed by atoms with van der Waals surface area (Å²) >= 11 is 8.01. The Balaban J connectivity index is 1.44.